The number of hydrogen-bond acceptors (Lipinski definition) is 7. The average Bonchev–Trinajstić information content (AvgIpc) is 3.00. The maximum Gasteiger partial charge on any atom is 0.338 e. The zero-order valence-corrected chi connectivity index (χ0v) is 25.6. The fourth-order valence-corrected chi connectivity index (χ4v) is 6.94. The molecule has 3 rings (SSSR count). The van der Waals surface area contributed by atoms with E-state index in [2.05, 4.69) is 6.58 Å². The maximum atomic E-state index is 14.6. The molecule has 0 aliphatic heterocycles. The first-order valence-electron chi connectivity index (χ1n) is 13.8. The molecule has 0 amide bonds. The second-order valence-electron chi connectivity index (χ2n) is 10.1. The Balaban J connectivity index is 1.97. The number of methoxy groups -OCH3 is 3. The molecule has 3 aromatic rings. The fourth-order valence-electron chi connectivity index (χ4n) is 4.75. The second-order valence-corrected chi connectivity index (χ2v) is 12.3. The van der Waals surface area contributed by atoms with Gasteiger partial charge in [-0.25, -0.2) is 13.2 Å². The highest BCUT2D eigenvalue weighted by molar-refractivity contribution is 7.89. The van der Waals surface area contributed by atoms with E-state index in [4.69, 9.17) is 18.9 Å². The topological polar surface area (TPSA) is 91.4 Å². The van der Waals surface area contributed by atoms with E-state index in [0.717, 1.165) is 11.1 Å². The molecular weight excluding hydrogens is 554 g/mol. The van der Waals surface area contributed by atoms with E-state index < -0.39 is 27.3 Å². The van der Waals surface area contributed by atoms with Gasteiger partial charge in [0.2, 0.25) is 10.0 Å². The lowest BCUT2D eigenvalue weighted by atomic mass is 9.99. The first-order valence-corrected chi connectivity index (χ1v) is 15.3. The van der Waals surface area contributed by atoms with Crippen molar-refractivity contribution in [2.75, 3.05) is 27.9 Å². The van der Waals surface area contributed by atoms with E-state index in [9.17, 15) is 13.2 Å². The van der Waals surface area contributed by atoms with Gasteiger partial charge < -0.3 is 18.9 Å². The number of rotatable bonds is 17. The van der Waals surface area contributed by atoms with Crippen LogP contribution < -0.4 is 9.47 Å². The summed E-state index contributed by atoms with van der Waals surface area (Å²) in [6, 6.07) is 23.3. The van der Waals surface area contributed by atoms with Crippen LogP contribution in [-0.4, -0.2) is 58.0 Å². The highest BCUT2D eigenvalue weighted by atomic mass is 32.2. The van der Waals surface area contributed by atoms with E-state index in [1.807, 2.05) is 61.5 Å². The lowest BCUT2D eigenvalue weighted by Gasteiger charge is -2.33. The normalized spacial score (nSPS) is 13.6. The summed E-state index contributed by atoms with van der Waals surface area (Å²) in [5.41, 5.74) is 2.01. The molecule has 0 saturated heterocycles. The van der Waals surface area contributed by atoms with Crippen molar-refractivity contribution in [2.45, 2.75) is 44.2 Å². The highest BCUT2D eigenvalue weighted by Crippen LogP contribution is 2.29. The van der Waals surface area contributed by atoms with Crippen LogP contribution >= 0.6 is 0 Å². The van der Waals surface area contributed by atoms with Crippen molar-refractivity contribution >= 4 is 16.0 Å². The highest BCUT2D eigenvalue weighted by Gasteiger charge is 2.38. The van der Waals surface area contributed by atoms with Crippen LogP contribution in [0, 0.1) is 5.92 Å². The standard InChI is InChI=1S/C33H41NO7S/c1-6-10-25(2)32(21-31(24-38-3)41-33(35)28-11-8-7-9-12-28)42(36,37)34(22-26-13-17-29(39-4)18-14-26)23-27-15-19-30(40-5)20-16-27/h6-9,11-20,25,31-32H,1,10,21-24H2,2-5H3. The minimum Gasteiger partial charge on any atom is -0.497 e. The number of hydrogen-bond donors (Lipinski definition) is 0. The van der Waals surface area contributed by atoms with Crippen LogP contribution in [0.4, 0.5) is 0 Å². The molecule has 3 unspecified atom stereocenters. The molecule has 0 radical (unpaired) electrons. The van der Waals surface area contributed by atoms with Crippen LogP contribution in [0.15, 0.2) is 91.5 Å². The second kappa shape index (κ2) is 16.1. The summed E-state index contributed by atoms with van der Waals surface area (Å²) in [4.78, 5) is 12.9. The van der Waals surface area contributed by atoms with E-state index in [-0.39, 0.29) is 32.0 Å². The zero-order chi connectivity index (χ0) is 30.5. The average molecular weight is 596 g/mol. The predicted octanol–water partition coefficient (Wildman–Crippen LogP) is 5.88. The van der Waals surface area contributed by atoms with Crippen LogP contribution in [0.2, 0.25) is 0 Å². The van der Waals surface area contributed by atoms with Gasteiger partial charge in [0.1, 0.15) is 17.6 Å². The summed E-state index contributed by atoms with van der Waals surface area (Å²) < 4.78 is 52.3. The third kappa shape index (κ3) is 9.17. The SMILES string of the molecule is C=CCC(C)C(CC(COC)OC(=O)c1ccccc1)S(=O)(=O)N(Cc1ccc(OC)cc1)Cc1ccc(OC)cc1. The summed E-state index contributed by atoms with van der Waals surface area (Å²) in [5.74, 6) is 0.530. The molecule has 0 bridgehead atoms. The Morgan fingerprint density at radius 2 is 1.38 bits per heavy atom. The van der Waals surface area contributed by atoms with Gasteiger partial charge in [0.15, 0.2) is 0 Å². The first kappa shape index (κ1) is 32.8. The monoisotopic (exact) mass is 595 g/mol. The number of nitrogens with zero attached hydrogens (tertiary/aromatic N) is 1. The first-order chi connectivity index (χ1) is 20.2. The Bertz CT molecular complexity index is 1310. The van der Waals surface area contributed by atoms with Gasteiger partial charge in [0, 0.05) is 26.6 Å². The molecule has 3 aromatic carbocycles. The number of carbonyl (C=O) groups is 1. The molecule has 0 N–H and O–H groups in total. The van der Waals surface area contributed by atoms with Gasteiger partial charge in [0.05, 0.1) is 31.6 Å². The number of esters is 1. The zero-order valence-electron chi connectivity index (χ0n) is 24.8. The lowest BCUT2D eigenvalue weighted by Crippen LogP contribution is -2.44. The number of benzene rings is 3. The number of allylic oxidation sites excluding steroid dienone is 1. The predicted molar refractivity (Wildman–Crippen MR) is 164 cm³/mol. The molecule has 3 atom stereocenters. The van der Waals surface area contributed by atoms with Crippen LogP contribution in [0.5, 0.6) is 11.5 Å². The Morgan fingerprint density at radius 1 is 0.857 bits per heavy atom. The lowest BCUT2D eigenvalue weighted by molar-refractivity contribution is 0.00159. The van der Waals surface area contributed by atoms with Gasteiger partial charge >= 0.3 is 5.97 Å². The molecule has 0 aromatic heterocycles. The van der Waals surface area contributed by atoms with Crippen LogP contribution in [0.25, 0.3) is 0 Å². The van der Waals surface area contributed by atoms with Gasteiger partial charge in [-0.15, -0.1) is 6.58 Å². The molecule has 226 valence electrons. The van der Waals surface area contributed by atoms with E-state index in [1.54, 1.807) is 44.6 Å². The molecule has 0 heterocycles. The largest absolute Gasteiger partial charge is 0.497 e. The summed E-state index contributed by atoms with van der Waals surface area (Å²) >= 11 is 0. The van der Waals surface area contributed by atoms with Crippen molar-refractivity contribution in [3.05, 3.63) is 108 Å². The van der Waals surface area contributed by atoms with Crippen molar-refractivity contribution < 1.29 is 32.2 Å². The number of carbonyl (C=O) groups excluding carboxylic acids is 1. The molecular formula is C33H41NO7S. The van der Waals surface area contributed by atoms with Gasteiger partial charge in [-0.05, 0) is 59.9 Å². The third-order valence-electron chi connectivity index (χ3n) is 7.08. The molecule has 0 saturated carbocycles. The Kier molecular flexibility index (Phi) is 12.6. The Morgan fingerprint density at radius 3 is 1.83 bits per heavy atom. The summed E-state index contributed by atoms with van der Waals surface area (Å²) in [6.45, 7) is 6.07. The minimum absolute atomic E-state index is 0.0579. The maximum absolute atomic E-state index is 14.6. The smallest absolute Gasteiger partial charge is 0.338 e. The van der Waals surface area contributed by atoms with Crippen molar-refractivity contribution in [1.82, 2.24) is 4.31 Å². The summed E-state index contributed by atoms with van der Waals surface area (Å²) in [5, 5.41) is -0.879. The van der Waals surface area contributed by atoms with Gasteiger partial charge in [-0.3, -0.25) is 0 Å². The van der Waals surface area contributed by atoms with Crippen molar-refractivity contribution in [1.29, 1.82) is 0 Å². The molecule has 0 spiro atoms. The van der Waals surface area contributed by atoms with Crippen molar-refractivity contribution in [3.63, 3.8) is 0 Å². The number of ether oxygens (including phenoxy) is 4. The van der Waals surface area contributed by atoms with Gasteiger partial charge in [0.25, 0.3) is 0 Å². The van der Waals surface area contributed by atoms with E-state index in [0.29, 0.717) is 23.5 Å². The summed E-state index contributed by atoms with van der Waals surface area (Å²) in [6.07, 6.45) is 1.46. The number of sulfonamides is 1. The molecule has 0 fully saturated rings. The molecule has 0 aliphatic rings. The summed E-state index contributed by atoms with van der Waals surface area (Å²) in [7, 11) is 0.721. The minimum atomic E-state index is -3.95. The Labute approximate surface area is 249 Å². The van der Waals surface area contributed by atoms with E-state index in [1.165, 1.54) is 11.4 Å². The van der Waals surface area contributed by atoms with Crippen LogP contribution in [0.1, 0.15) is 41.3 Å². The van der Waals surface area contributed by atoms with Crippen molar-refractivity contribution in [3.8, 4) is 11.5 Å². The molecule has 9 heteroatoms. The van der Waals surface area contributed by atoms with Gasteiger partial charge in [-0.2, -0.15) is 4.31 Å². The molecule has 42 heavy (non-hydrogen) atoms. The quantitative estimate of drug-likeness (QED) is 0.142. The third-order valence-corrected chi connectivity index (χ3v) is 9.48. The van der Waals surface area contributed by atoms with Gasteiger partial charge in [-0.1, -0.05) is 55.5 Å². The van der Waals surface area contributed by atoms with Crippen LogP contribution in [-0.2, 0) is 32.6 Å². The van der Waals surface area contributed by atoms with Crippen LogP contribution in [0.3, 0.4) is 0 Å². The van der Waals surface area contributed by atoms with E-state index >= 15 is 0 Å². The van der Waals surface area contributed by atoms with Crippen molar-refractivity contribution in [2.24, 2.45) is 5.92 Å². The molecule has 8 nitrogen and oxygen atoms in total. The Hall–Kier alpha value is -3.66. The molecule has 0 aliphatic carbocycles. The fraction of sp³-hybridized carbons (Fsp3) is 0.364.